The van der Waals surface area contributed by atoms with Crippen molar-refractivity contribution in [3.63, 3.8) is 0 Å². The average Bonchev–Trinajstić information content (AvgIpc) is 3.24. The quantitative estimate of drug-likeness (QED) is 0.547. The molecule has 0 aliphatic carbocycles. The molecule has 8 heteroatoms. The minimum atomic E-state index is -0.671. The SMILES string of the molecule is Cc1nc(CCc2nc(-c3nccs3)cn2C)nc2c(F)cc(F)cc12. The first-order chi connectivity index (χ1) is 12.5. The van der Waals surface area contributed by atoms with Gasteiger partial charge in [-0.3, -0.25) is 0 Å². The summed E-state index contributed by atoms with van der Waals surface area (Å²) in [7, 11) is 1.92. The Kier molecular flexibility index (Phi) is 4.20. The number of fused-ring (bicyclic) bond motifs is 1. The minimum Gasteiger partial charge on any atom is -0.337 e. The second-order valence-corrected chi connectivity index (χ2v) is 6.89. The van der Waals surface area contributed by atoms with Crippen molar-refractivity contribution < 1.29 is 8.78 Å². The molecule has 26 heavy (non-hydrogen) atoms. The van der Waals surface area contributed by atoms with Crippen molar-refractivity contribution in [2.75, 3.05) is 0 Å². The second-order valence-electron chi connectivity index (χ2n) is 6.00. The molecule has 0 N–H and O–H groups in total. The topological polar surface area (TPSA) is 56.5 Å². The largest absolute Gasteiger partial charge is 0.337 e. The molecule has 0 bridgehead atoms. The fourth-order valence-corrected chi connectivity index (χ4v) is 3.48. The van der Waals surface area contributed by atoms with Crippen LogP contribution < -0.4 is 0 Å². The molecule has 0 aliphatic rings. The Morgan fingerprint density at radius 3 is 2.73 bits per heavy atom. The highest BCUT2D eigenvalue weighted by Gasteiger charge is 2.13. The summed E-state index contributed by atoms with van der Waals surface area (Å²) in [5, 5.41) is 3.18. The van der Waals surface area contributed by atoms with Crippen LogP contribution in [0.5, 0.6) is 0 Å². The highest BCUT2D eigenvalue weighted by atomic mass is 32.1. The van der Waals surface area contributed by atoms with Gasteiger partial charge < -0.3 is 4.57 Å². The van der Waals surface area contributed by atoms with E-state index in [1.165, 1.54) is 17.4 Å². The number of benzene rings is 1. The molecule has 5 nitrogen and oxygen atoms in total. The van der Waals surface area contributed by atoms with Crippen LogP contribution in [0.15, 0.2) is 29.9 Å². The maximum atomic E-state index is 14.0. The van der Waals surface area contributed by atoms with Gasteiger partial charge in [-0.25, -0.2) is 28.7 Å². The van der Waals surface area contributed by atoms with Gasteiger partial charge in [0.2, 0.25) is 0 Å². The lowest BCUT2D eigenvalue weighted by Crippen LogP contribution is -2.05. The molecular formula is C18H15F2N5S. The zero-order valence-electron chi connectivity index (χ0n) is 14.2. The van der Waals surface area contributed by atoms with Crippen LogP contribution >= 0.6 is 11.3 Å². The predicted octanol–water partition coefficient (Wildman–Crippen LogP) is 3.86. The third-order valence-corrected chi connectivity index (χ3v) is 4.95. The van der Waals surface area contributed by atoms with E-state index in [-0.39, 0.29) is 5.52 Å². The molecule has 1 aromatic carbocycles. The van der Waals surface area contributed by atoms with Crippen molar-refractivity contribution in [2.24, 2.45) is 7.05 Å². The molecule has 0 saturated carbocycles. The molecule has 132 valence electrons. The number of thiazole rings is 1. The Morgan fingerprint density at radius 2 is 1.96 bits per heavy atom. The molecule has 0 unspecified atom stereocenters. The molecule has 0 saturated heterocycles. The van der Waals surface area contributed by atoms with Crippen molar-refractivity contribution in [3.8, 4) is 10.7 Å². The van der Waals surface area contributed by atoms with E-state index in [1.807, 2.05) is 23.2 Å². The number of halogens is 2. The van der Waals surface area contributed by atoms with Crippen LogP contribution in [-0.2, 0) is 19.9 Å². The minimum absolute atomic E-state index is 0.150. The number of nitrogens with zero attached hydrogens (tertiary/aromatic N) is 5. The molecule has 4 rings (SSSR count). The maximum Gasteiger partial charge on any atom is 0.152 e. The first kappa shape index (κ1) is 16.7. The van der Waals surface area contributed by atoms with Crippen molar-refractivity contribution in [2.45, 2.75) is 19.8 Å². The first-order valence-electron chi connectivity index (χ1n) is 8.05. The van der Waals surface area contributed by atoms with Gasteiger partial charge in [-0.1, -0.05) is 0 Å². The molecular weight excluding hydrogens is 356 g/mol. The van der Waals surface area contributed by atoms with E-state index in [0.29, 0.717) is 29.7 Å². The summed E-state index contributed by atoms with van der Waals surface area (Å²) in [5.41, 5.74) is 1.54. The molecule has 4 aromatic rings. The van der Waals surface area contributed by atoms with Crippen molar-refractivity contribution in [1.82, 2.24) is 24.5 Å². The number of aromatic nitrogens is 5. The van der Waals surface area contributed by atoms with Gasteiger partial charge in [0.05, 0.1) is 0 Å². The Morgan fingerprint density at radius 1 is 1.12 bits per heavy atom. The predicted molar refractivity (Wildman–Crippen MR) is 95.9 cm³/mol. The normalized spacial score (nSPS) is 11.4. The number of rotatable bonds is 4. The number of hydrogen-bond acceptors (Lipinski definition) is 5. The summed E-state index contributed by atoms with van der Waals surface area (Å²) in [6.07, 6.45) is 4.80. The zero-order chi connectivity index (χ0) is 18.3. The number of hydrogen-bond donors (Lipinski definition) is 0. The third-order valence-electron chi connectivity index (χ3n) is 4.15. The lowest BCUT2D eigenvalue weighted by atomic mass is 10.1. The Hall–Kier alpha value is -2.74. The van der Waals surface area contributed by atoms with Gasteiger partial charge in [-0.2, -0.15) is 0 Å². The second kappa shape index (κ2) is 6.53. The number of aryl methyl sites for hydroxylation is 4. The van der Waals surface area contributed by atoms with Gasteiger partial charge >= 0.3 is 0 Å². The fraction of sp³-hybridized carbons (Fsp3) is 0.222. The van der Waals surface area contributed by atoms with Crippen LogP contribution in [0.1, 0.15) is 17.3 Å². The van der Waals surface area contributed by atoms with E-state index in [9.17, 15) is 8.78 Å². The van der Waals surface area contributed by atoms with Crippen LogP contribution in [0.25, 0.3) is 21.6 Å². The molecule has 0 spiro atoms. The Balaban J connectivity index is 1.60. The van der Waals surface area contributed by atoms with E-state index in [1.54, 1.807) is 13.1 Å². The molecule has 0 atom stereocenters. The van der Waals surface area contributed by atoms with E-state index < -0.39 is 11.6 Å². The van der Waals surface area contributed by atoms with Crippen LogP contribution in [0, 0.1) is 18.6 Å². The van der Waals surface area contributed by atoms with Crippen molar-refractivity contribution in [1.29, 1.82) is 0 Å². The fourth-order valence-electron chi connectivity index (χ4n) is 2.89. The molecule has 0 amide bonds. The van der Waals surface area contributed by atoms with Crippen molar-refractivity contribution in [3.05, 3.63) is 58.9 Å². The zero-order valence-corrected chi connectivity index (χ0v) is 15.0. The lowest BCUT2D eigenvalue weighted by molar-refractivity contribution is 0.589. The summed E-state index contributed by atoms with van der Waals surface area (Å²) in [4.78, 5) is 17.6. The van der Waals surface area contributed by atoms with Gasteiger partial charge in [0.15, 0.2) is 5.82 Å². The highest BCUT2D eigenvalue weighted by Crippen LogP contribution is 2.22. The standard InChI is InChI=1S/C18H15F2N5S/c1-10-12-7-11(19)8-13(20)17(12)24-15(22-10)3-4-16-23-14(9-25(16)2)18-21-5-6-26-18/h5-9H,3-4H2,1-2H3. The molecule has 0 fully saturated rings. The van der Waals surface area contributed by atoms with E-state index >= 15 is 0 Å². The maximum absolute atomic E-state index is 14.0. The summed E-state index contributed by atoms with van der Waals surface area (Å²) in [6.45, 7) is 1.73. The van der Waals surface area contributed by atoms with Gasteiger partial charge in [0, 0.05) is 54.8 Å². The van der Waals surface area contributed by atoms with Crippen LogP contribution in [0.2, 0.25) is 0 Å². The lowest BCUT2D eigenvalue weighted by Gasteiger charge is -2.07. The summed E-state index contributed by atoms with van der Waals surface area (Å²) in [6, 6.07) is 2.11. The van der Waals surface area contributed by atoms with Crippen molar-refractivity contribution >= 4 is 22.2 Å². The molecule has 3 aromatic heterocycles. The first-order valence-corrected chi connectivity index (χ1v) is 8.93. The molecule has 0 radical (unpaired) electrons. The smallest absolute Gasteiger partial charge is 0.152 e. The van der Waals surface area contributed by atoms with Gasteiger partial charge in [-0.05, 0) is 13.0 Å². The Labute approximate surface area is 152 Å². The molecule has 3 heterocycles. The van der Waals surface area contributed by atoms with Gasteiger partial charge in [0.25, 0.3) is 0 Å². The third kappa shape index (κ3) is 3.08. The monoisotopic (exact) mass is 371 g/mol. The van der Waals surface area contributed by atoms with Gasteiger partial charge in [0.1, 0.15) is 33.7 Å². The van der Waals surface area contributed by atoms with E-state index in [4.69, 9.17) is 0 Å². The molecule has 0 aliphatic heterocycles. The van der Waals surface area contributed by atoms with Gasteiger partial charge in [-0.15, -0.1) is 11.3 Å². The van der Waals surface area contributed by atoms with E-state index in [0.717, 1.165) is 22.6 Å². The number of imidazole rings is 1. The van der Waals surface area contributed by atoms with E-state index in [2.05, 4.69) is 19.9 Å². The van der Waals surface area contributed by atoms with Crippen LogP contribution in [-0.4, -0.2) is 24.5 Å². The average molecular weight is 371 g/mol. The van der Waals surface area contributed by atoms with Crippen LogP contribution in [0.3, 0.4) is 0 Å². The Bertz CT molecular complexity index is 1090. The summed E-state index contributed by atoms with van der Waals surface area (Å²) >= 11 is 1.53. The van der Waals surface area contributed by atoms with Crippen LogP contribution in [0.4, 0.5) is 8.78 Å². The summed E-state index contributed by atoms with van der Waals surface area (Å²) in [5.74, 6) is 0.0856. The highest BCUT2D eigenvalue weighted by molar-refractivity contribution is 7.13. The summed E-state index contributed by atoms with van der Waals surface area (Å²) < 4.78 is 29.4.